The van der Waals surface area contributed by atoms with E-state index in [0.717, 1.165) is 12.1 Å². The largest absolute Gasteiger partial charge is 0.307 e. The number of rotatable bonds is 3. The van der Waals surface area contributed by atoms with Crippen LogP contribution in [0, 0.1) is 10.8 Å². The van der Waals surface area contributed by atoms with Crippen LogP contribution in [0.1, 0.15) is 32.7 Å². The number of fused-ring (bicyclic) bond motifs is 1. The van der Waals surface area contributed by atoms with Gasteiger partial charge >= 0.3 is 0 Å². The van der Waals surface area contributed by atoms with Gasteiger partial charge in [-0.1, -0.05) is 39.8 Å². The molecule has 18 heavy (non-hydrogen) atoms. The molecule has 1 N–H and O–H groups in total. The number of para-hydroxylation sites is 1. The number of aromatic nitrogens is 1. The molecule has 96 valence electrons. The second-order valence-corrected chi connectivity index (χ2v) is 7.45. The molecule has 3 heteroatoms. The Balaban J connectivity index is 1.71. The van der Waals surface area contributed by atoms with E-state index in [4.69, 9.17) is 0 Å². The molecule has 0 unspecified atom stereocenters. The molecule has 1 heterocycles. The summed E-state index contributed by atoms with van der Waals surface area (Å²) < 4.78 is 1.28. The second-order valence-electron chi connectivity index (χ2n) is 6.33. The Labute approximate surface area is 112 Å². The quantitative estimate of drug-likeness (QED) is 0.907. The average Bonchev–Trinajstić information content (AvgIpc) is 2.66. The molecular formula is C15H20N2S. The number of benzene rings is 1. The first-order chi connectivity index (χ1) is 8.43. The van der Waals surface area contributed by atoms with Crippen LogP contribution in [0.15, 0.2) is 24.3 Å². The van der Waals surface area contributed by atoms with Gasteiger partial charge in [-0.25, -0.2) is 4.98 Å². The van der Waals surface area contributed by atoms with E-state index in [1.165, 1.54) is 9.71 Å². The summed E-state index contributed by atoms with van der Waals surface area (Å²) in [7, 11) is 0. The lowest BCUT2D eigenvalue weighted by Crippen LogP contribution is -2.21. The van der Waals surface area contributed by atoms with Crippen LogP contribution in [0.25, 0.3) is 10.2 Å². The molecule has 0 atom stereocenters. The van der Waals surface area contributed by atoms with Crippen molar-refractivity contribution < 1.29 is 0 Å². The highest BCUT2D eigenvalue weighted by atomic mass is 32.1. The summed E-state index contributed by atoms with van der Waals surface area (Å²) in [5.74, 6) is 0. The summed E-state index contributed by atoms with van der Waals surface area (Å²) in [5.41, 5.74) is 1.90. The van der Waals surface area contributed by atoms with Crippen molar-refractivity contribution in [3.63, 3.8) is 0 Å². The lowest BCUT2D eigenvalue weighted by molar-refractivity contribution is 0.457. The van der Waals surface area contributed by atoms with Gasteiger partial charge in [0.2, 0.25) is 0 Å². The van der Waals surface area contributed by atoms with Crippen LogP contribution >= 0.6 is 11.3 Å². The number of hydrogen-bond donors (Lipinski definition) is 1. The van der Waals surface area contributed by atoms with Gasteiger partial charge in [-0.3, -0.25) is 0 Å². The highest BCUT2D eigenvalue weighted by Crippen LogP contribution is 2.62. The number of nitrogens with one attached hydrogen (secondary N) is 1. The summed E-state index contributed by atoms with van der Waals surface area (Å²) in [6.45, 7) is 10.2. The SMILES string of the molecule is CC1(C)C(NCc2nc3ccccc3s2)C1(C)C. The van der Waals surface area contributed by atoms with Crippen LogP contribution in [0.2, 0.25) is 0 Å². The van der Waals surface area contributed by atoms with Gasteiger partial charge in [0.25, 0.3) is 0 Å². The van der Waals surface area contributed by atoms with Crippen molar-refractivity contribution in [3.05, 3.63) is 29.3 Å². The molecule has 0 saturated heterocycles. The molecule has 1 aromatic heterocycles. The van der Waals surface area contributed by atoms with Crippen LogP contribution in [-0.2, 0) is 6.54 Å². The van der Waals surface area contributed by atoms with Gasteiger partial charge < -0.3 is 5.32 Å². The Kier molecular flexibility index (Phi) is 2.55. The van der Waals surface area contributed by atoms with Crippen LogP contribution in [0.5, 0.6) is 0 Å². The van der Waals surface area contributed by atoms with Gasteiger partial charge in [0.05, 0.1) is 10.2 Å². The van der Waals surface area contributed by atoms with Crippen LogP contribution < -0.4 is 5.32 Å². The minimum absolute atomic E-state index is 0.393. The van der Waals surface area contributed by atoms with E-state index in [2.05, 4.69) is 56.2 Å². The third kappa shape index (κ3) is 1.69. The minimum Gasteiger partial charge on any atom is -0.307 e. The molecule has 1 aliphatic rings. The standard InChI is InChI=1S/C15H20N2S/c1-14(2)13(15(14,3)4)16-9-12-17-10-7-5-6-8-11(10)18-12/h5-8,13,16H,9H2,1-4H3. The van der Waals surface area contributed by atoms with Gasteiger partial charge in [0.1, 0.15) is 5.01 Å². The normalized spacial score (nSPS) is 21.3. The molecule has 1 saturated carbocycles. The zero-order valence-electron chi connectivity index (χ0n) is 11.4. The molecule has 2 aromatic rings. The van der Waals surface area contributed by atoms with Crippen molar-refractivity contribution in [2.24, 2.45) is 10.8 Å². The molecule has 0 bridgehead atoms. The Morgan fingerprint density at radius 3 is 2.44 bits per heavy atom. The Morgan fingerprint density at radius 2 is 1.83 bits per heavy atom. The van der Waals surface area contributed by atoms with E-state index in [1.807, 2.05) is 6.07 Å². The maximum atomic E-state index is 4.66. The monoisotopic (exact) mass is 260 g/mol. The van der Waals surface area contributed by atoms with E-state index in [1.54, 1.807) is 11.3 Å². The van der Waals surface area contributed by atoms with Crippen LogP contribution in [-0.4, -0.2) is 11.0 Å². The van der Waals surface area contributed by atoms with E-state index in [9.17, 15) is 0 Å². The fraction of sp³-hybridized carbons (Fsp3) is 0.533. The van der Waals surface area contributed by atoms with Gasteiger partial charge in [-0.05, 0) is 23.0 Å². The Hall–Kier alpha value is -0.930. The topological polar surface area (TPSA) is 24.9 Å². The third-order valence-corrected chi connectivity index (χ3v) is 5.85. The zero-order chi connectivity index (χ0) is 13.0. The fourth-order valence-electron chi connectivity index (χ4n) is 2.89. The van der Waals surface area contributed by atoms with Crippen molar-refractivity contribution >= 4 is 21.6 Å². The summed E-state index contributed by atoms with van der Waals surface area (Å²) in [5, 5.41) is 4.85. The van der Waals surface area contributed by atoms with Gasteiger partial charge in [-0.15, -0.1) is 11.3 Å². The molecule has 0 radical (unpaired) electrons. The molecule has 0 aliphatic heterocycles. The number of nitrogens with zero attached hydrogens (tertiary/aromatic N) is 1. The first-order valence-corrected chi connectivity index (χ1v) is 7.32. The molecule has 0 spiro atoms. The molecule has 1 aliphatic carbocycles. The fourth-order valence-corrected chi connectivity index (χ4v) is 3.81. The van der Waals surface area contributed by atoms with E-state index >= 15 is 0 Å². The van der Waals surface area contributed by atoms with E-state index in [0.29, 0.717) is 16.9 Å². The molecule has 1 fully saturated rings. The first-order valence-electron chi connectivity index (χ1n) is 6.51. The van der Waals surface area contributed by atoms with Crippen molar-refractivity contribution in [1.29, 1.82) is 0 Å². The Morgan fingerprint density at radius 1 is 1.17 bits per heavy atom. The smallest absolute Gasteiger partial charge is 0.108 e. The van der Waals surface area contributed by atoms with Crippen LogP contribution in [0.4, 0.5) is 0 Å². The van der Waals surface area contributed by atoms with Crippen molar-refractivity contribution in [2.45, 2.75) is 40.3 Å². The van der Waals surface area contributed by atoms with Gasteiger partial charge in [0, 0.05) is 12.6 Å². The summed E-state index contributed by atoms with van der Waals surface area (Å²) in [6, 6.07) is 8.94. The van der Waals surface area contributed by atoms with Crippen molar-refractivity contribution in [2.75, 3.05) is 0 Å². The summed E-state index contributed by atoms with van der Waals surface area (Å²) in [6.07, 6.45) is 0. The molecule has 1 aromatic carbocycles. The van der Waals surface area contributed by atoms with Gasteiger partial charge in [-0.2, -0.15) is 0 Å². The summed E-state index contributed by atoms with van der Waals surface area (Å²) in [4.78, 5) is 4.66. The Bertz CT molecular complexity index is 536. The number of hydrogen-bond acceptors (Lipinski definition) is 3. The lowest BCUT2D eigenvalue weighted by atomic mass is 10.0. The first kappa shape index (κ1) is 12.1. The van der Waals surface area contributed by atoms with Crippen molar-refractivity contribution in [3.8, 4) is 0 Å². The highest BCUT2D eigenvalue weighted by Gasteiger charge is 2.64. The van der Waals surface area contributed by atoms with E-state index < -0.39 is 0 Å². The molecule has 0 amide bonds. The summed E-state index contributed by atoms with van der Waals surface area (Å²) >= 11 is 1.79. The molecule has 2 nitrogen and oxygen atoms in total. The lowest BCUT2D eigenvalue weighted by Gasteiger charge is -2.03. The second kappa shape index (κ2) is 3.78. The van der Waals surface area contributed by atoms with Crippen molar-refractivity contribution in [1.82, 2.24) is 10.3 Å². The maximum absolute atomic E-state index is 4.66. The molecular weight excluding hydrogens is 240 g/mol. The number of thiazole rings is 1. The predicted octanol–water partition coefficient (Wildman–Crippen LogP) is 3.82. The maximum Gasteiger partial charge on any atom is 0.108 e. The molecule has 3 rings (SSSR count). The third-order valence-electron chi connectivity index (χ3n) is 4.82. The highest BCUT2D eigenvalue weighted by molar-refractivity contribution is 7.18. The van der Waals surface area contributed by atoms with Gasteiger partial charge in [0.15, 0.2) is 0 Å². The van der Waals surface area contributed by atoms with E-state index in [-0.39, 0.29) is 0 Å². The van der Waals surface area contributed by atoms with Crippen LogP contribution in [0.3, 0.4) is 0 Å². The average molecular weight is 260 g/mol. The minimum atomic E-state index is 0.393. The predicted molar refractivity (Wildman–Crippen MR) is 77.8 cm³/mol. The zero-order valence-corrected chi connectivity index (χ0v) is 12.3.